The number of rotatable bonds is 0. The second kappa shape index (κ2) is 5.32. The van der Waals surface area contributed by atoms with E-state index < -0.39 is 0 Å². The summed E-state index contributed by atoms with van der Waals surface area (Å²) < 4.78 is 0. The highest BCUT2D eigenvalue weighted by Gasteiger charge is 2.42. The Morgan fingerprint density at radius 2 is 1.34 bits per heavy atom. The van der Waals surface area contributed by atoms with Crippen LogP contribution < -0.4 is 0 Å². The van der Waals surface area contributed by atoms with Crippen LogP contribution in [-0.4, -0.2) is 0 Å². The van der Waals surface area contributed by atoms with Gasteiger partial charge in [-0.15, -0.1) is 0 Å². The van der Waals surface area contributed by atoms with Crippen LogP contribution in [-0.2, 0) is 10.8 Å². The van der Waals surface area contributed by atoms with Gasteiger partial charge in [0, 0.05) is 21.4 Å². The van der Waals surface area contributed by atoms with Gasteiger partial charge in [0.1, 0.15) is 0 Å². The summed E-state index contributed by atoms with van der Waals surface area (Å²) in [5.74, 6) is 0. The summed E-state index contributed by atoms with van der Waals surface area (Å²) in [5.41, 5.74) is 10.8. The van der Waals surface area contributed by atoms with Crippen LogP contribution in [0.15, 0.2) is 66.7 Å². The topological polar surface area (TPSA) is 0 Å². The second-order valence-corrected chi connectivity index (χ2v) is 9.97. The maximum absolute atomic E-state index is 6.71. The highest BCUT2D eigenvalue weighted by Crippen LogP contribution is 2.58. The molecule has 0 aliphatic heterocycles. The molecule has 0 N–H and O–H groups in total. The van der Waals surface area contributed by atoms with Crippen molar-refractivity contribution in [3.8, 4) is 22.3 Å². The monoisotopic (exact) mass is 394 g/mol. The van der Waals surface area contributed by atoms with Crippen molar-refractivity contribution >= 4 is 22.4 Å². The summed E-state index contributed by atoms with van der Waals surface area (Å²) in [6.45, 7) is 9.37. The van der Waals surface area contributed by atoms with Gasteiger partial charge in [-0.05, 0) is 67.9 Å². The van der Waals surface area contributed by atoms with Crippen LogP contribution in [0.3, 0.4) is 0 Å². The van der Waals surface area contributed by atoms with Crippen molar-refractivity contribution in [1.82, 2.24) is 0 Å². The van der Waals surface area contributed by atoms with E-state index in [1.165, 1.54) is 55.3 Å². The highest BCUT2D eigenvalue weighted by molar-refractivity contribution is 6.34. The third-order valence-corrected chi connectivity index (χ3v) is 7.62. The Balaban J connectivity index is 1.72. The molecule has 0 saturated heterocycles. The fourth-order valence-electron chi connectivity index (χ4n) is 5.83. The molecule has 4 aromatic rings. The molecule has 0 fully saturated rings. The molecule has 4 aromatic carbocycles. The molecule has 0 nitrogen and oxygen atoms in total. The Bertz CT molecular complexity index is 1350. The zero-order chi connectivity index (χ0) is 20.1. The van der Waals surface area contributed by atoms with E-state index in [-0.39, 0.29) is 10.8 Å². The Kier molecular flexibility index (Phi) is 3.17. The number of hydrogen-bond acceptors (Lipinski definition) is 0. The average molecular weight is 395 g/mol. The third-order valence-electron chi connectivity index (χ3n) is 7.30. The van der Waals surface area contributed by atoms with Crippen molar-refractivity contribution in [3.63, 3.8) is 0 Å². The lowest BCUT2D eigenvalue weighted by molar-refractivity contribution is 0.654. The third kappa shape index (κ3) is 2.01. The Morgan fingerprint density at radius 3 is 2.17 bits per heavy atom. The zero-order valence-electron chi connectivity index (χ0n) is 17.2. The van der Waals surface area contributed by atoms with Crippen LogP contribution in [0.5, 0.6) is 0 Å². The molecule has 0 unspecified atom stereocenters. The maximum atomic E-state index is 6.71. The van der Waals surface area contributed by atoms with Gasteiger partial charge in [0.2, 0.25) is 0 Å². The minimum absolute atomic E-state index is 0.0469. The molecular formula is C28H23Cl. The average Bonchev–Trinajstić information content (AvgIpc) is 3.07. The molecule has 142 valence electrons. The van der Waals surface area contributed by atoms with Gasteiger partial charge in [-0.1, -0.05) is 87.8 Å². The lowest BCUT2D eigenvalue weighted by Crippen LogP contribution is -2.17. The molecule has 6 rings (SSSR count). The summed E-state index contributed by atoms with van der Waals surface area (Å²) >= 11 is 6.71. The van der Waals surface area contributed by atoms with Gasteiger partial charge in [-0.25, -0.2) is 0 Å². The molecule has 1 heteroatoms. The second-order valence-electron chi connectivity index (χ2n) is 9.57. The highest BCUT2D eigenvalue weighted by atomic mass is 35.5. The van der Waals surface area contributed by atoms with Crippen LogP contribution in [0, 0.1) is 0 Å². The molecule has 2 aliphatic carbocycles. The predicted molar refractivity (Wildman–Crippen MR) is 124 cm³/mol. The SMILES string of the molecule is CC1(C)c2cc3c(cc2-c2c(Cl)cccc21)C(C)(C)c1c-3ccc2ccccc12. The van der Waals surface area contributed by atoms with Crippen molar-refractivity contribution in [2.45, 2.75) is 38.5 Å². The number of halogens is 1. The lowest BCUT2D eigenvalue weighted by atomic mass is 9.78. The molecule has 0 radical (unpaired) electrons. The fraction of sp³-hybridized carbons (Fsp3) is 0.214. The molecule has 0 atom stereocenters. The van der Waals surface area contributed by atoms with Gasteiger partial charge in [0.05, 0.1) is 0 Å². The molecule has 0 bridgehead atoms. The summed E-state index contributed by atoms with van der Waals surface area (Å²) in [6, 6.07) is 24.6. The van der Waals surface area contributed by atoms with E-state index in [2.05, 4.69) is 88.4 Å². The first-order valence-corrected chi connectivity index (χ1v) is 10.7. The first-order chi connectivity index (χ1) is 13.8. The van der Waals surface area contributed by atoms with Gasteiger partial charge < -0.3 is 0 Å². The normalized spacial score (nSPS) is 17.0. The molecule has 0 heterocycles. The van der Waals surface area contributed by atoms with Gasteiger partial charge in [-0.2, -0.15) is 0 Å². The summed E-state index contributed by atoms with van der Waals surface area (Å²) in [5, 5.41) is 3.53. The lowest BCUT2D eigenvalue weighted by Gasteiger charge is -2.25. The van der Waals surface area contributed by atoms with Crippen molar-refractivity contribution in [1.29, 1.82) is 0 Å². The first-order valence-electron chi connectivity index (χ1n) is 10.3. The molecular weight excluding hydrogens is 372 g/mol. The number of benzene rings is 4. The number of fused-ring (bicyclic) bond motifs is 8. The van der Waals surface area contributed by atoms with Crippen LogP contribution in [0.2, 0.25) is 5.02 Å². The molecule has 29 heavy (non-hydrogen) atoms. The largest absolute Gasteiger partial charge is 0.0837 e. The summed E-state index contributed by atoms with van der Waals surface area (Å²) in [7, 11) is 0. The minimum atomic E-state index is -0.0473. The van der Waals surface area contributed by atoms with E-state index in [1.807, 2.05) is 6.07 Å². The quantitative estimate of drug-likeness (QED) is 0.282. The van der Waals surface area contributed by atoms with Gasteiger partial charge >= 0.3 is 0 Å². The molecule has 0 aromatic heterocycles. The molecule has 0 spiro atoms. The Labute approximate surface area is 177 Å². The molecule has 2 aliphatic rings. The van der Waals surface area contributed by atoms with Crippen LogP contribution in [0.25, 0.3) is 33.0 Å². The van der Waals surface area contributed by atoms with Crippen LogP contribution in [0.4, 0.5) is 0 Å². The van der Waals surface area contributed by atoms with Crippen LogP contribution in [0.1, 0.15) is 49.9 Å². The van der Waals surface area contributed by atoms with Crippen LogP contribution >= 0.6 is 11.6 Å². The van der Waals surface area contributed by atoms with Crippen molar-refractivity contribution in [2.24, 2.45) is 0 Å². The van der Waals surface area contributed by atoms with Crippen molar-refractivity contribution < 1.29 is 0 Å². The Hall–Kier alpha value is -2.57. The maximum Gasteiger partial charge on any atom is 0.0487 e. The van der Waals surface area contributed by atoms with Crippen molar-refractivity contribution in [3.05, 3.63) is 94.0 Å². The minimum Gasteiger partial charge on any atom is -0.0837 e. The van der Waals surface area contributed by atoms with E-state index in [0.717, 1.165) is 5.02 Å². The molecule has 0 saturated carbocycles. The van der Waals surface area contributed by atoms with E-state index >= 15 is 0 Å². The van der Waals surface area contributed by atoms with Gasteiger partial charge in [0.15, 0.2) is 0 Å². The Morgan fingerprint density at radius 1 is 0.621 bits per heavy atom. The first kappa shape index (κ1) is 17.3. The summed E-state index contributed by atoms with van der Waals surface area (Å²) in [4.78, 5) is 0. The van der Waals surface area contributed by atoms with Crippen molar-refractivity contribution in [2.75, 3.05) is 0 Å². The van der Waals surface area contributed by atoms with E-state index in [0.29, 0.717) is 0 Å². The van der Waals surface area contributed by atoms with E-state index in [9.17, 15) is 0 Å². The van der Waals surface area contributed by atoms with Gasteiger partial charge in [0.25, 0.3) is 0 Å². The smallest absolute Gasteiger partial charge is 0.0487 e. The standard InChI is InChI=1S/C28H23Cl/c1-27(2)21-10-7-11-24(29)25(21)20-15-22-19(14-23(20)27)18-13-12-16-8-5-6-9-17(16)26(18)28(22,3)4/h5-15H,1-4H3. The fourth-order valence-corrected chi connectivity index (χ4v) is 6.11. The zero-order valence-corrected chi connectivity index (χ0v) is 18.0. The number of hydrogen-bond donors (Lipinski definition) is 0. The molecule has 0 amide bonds. The summed E-state index contributed by atoms with van der Waals surface area (Å²) in [6.07, 6.45) is 0. The van der Waals surface area contributed by atoms with E-state index in [1.54, 1.807) is 0 Å². The predicted octanol–water partition coefficient (Wildman–Crippen LogP) is 8.11. The van der Waals surface area contributed by atoms with Gasteiger partial charge in [-0.3, -0.25) is 0 Å². The van der Waals surface area contributed by atoms with E-state index in [4.69, 9.17) is 11.6 Å².